The fourth-order valence-electron chi connectivity index (χ4n) is 2.55. The van der Waals surface area contributed by atoms with Crippen LogP contribution in [0.3, 0.4) is 0 Å². The Labute approximate surface area is 106 Å². The first-order valence-corrected chi connectivity index (χ1v) is 7.12. The number of nitrogens with zero attached hydrogens (tertiary/aromatic N) is 1. The van der Waals surface area contributed by atoms with Gasteiger partial charge in [0.25, 0.3) is 0 Å². The Bertz CT molecular complexity index is 440. The number of benzene rings is 1. The van der Waals surface area contributed by atoms with Gasteiger partial charge >= 0.3 is 0 Å². The Morgan fingerprint density at radius 1 is 1.41 bits per heavy atom. The predicted octanol–water partition coefficient (Wildman–Crippen LogP) is 2.76. The largest absolute Gasteiger partial charge is 0.399 e. The zero-order valence-electron chi connectivity index (χ0n) is 9.73. The van der Waals surface area contributed by atoms with E-state index in [1.165, 1.54) is 29.9 Å². The number of hydrogen-bond donors (Lipinski definition) is 2. The summed E-state index contributed by atoms with van der Waals surface area (Å²) in [5, 5.41) is 5.67. The second kappa shape index (κ2) is 4.61. The summed E-state index contributed by atoms with van der Waals surface area (Å²) >= 11 is 1.83. The van der Waals surface area contributed by atoms with Crippen LogP contribution < -0.4 is 11.2 Å². The second-order valence-electron chi connectivity index (χ2n) is 4.74. The number of nitrogens with two attached hydrogens (primary N) is 1. The first kappa shape index (κ1) is 11.0. The van der Waals surface area contributed by atoms with E-state index in [4.69, 9.17) is 5.73 Å². The Morgan fingerprint density at radius 3 is 2.88 bits per heavy atom. The molecule has 0 spiro atoms. The van der Waals surface area contributed by atoms with E-state index in [0.717, 1.165) is 17.5 Å². The third kappa shape index (κ3) is 2.14. The van der Waals surface area contributed by atoms with Crippen LogP contribution in [0.2, 0.25) is 0 Å². The van der Waals surface area contributed by atoms with Gasteiger partial charge in [-0.25, -0.2) is 0 Å². The molecule has 1 aromatic carbocycles. The van der Waals surface area contributed by atoms with Crippen molar-refractivity contribution in [1.29, 1.82) is 0 Å². The molecule has 0 amide bonds. The molecule has 1 aromatic rings. The van der Waals surface area contributed by atoms with Gasteiger partial charge in [0.2, 0.25) is 0 Å². The fourth-order valence-corrected chi connectivity index (χ4v) is 3.46. The minimum atomic E-state index is 0.451. The van der Waals surface area contributed by atoms with Crippen LogP contribution in [0.5, 0.6) is 0 Å². The van der Waals surface area contributed by atoms with Crippen molar-refractivity contribution < 1.29 is 0 Å². The van der Waals surface area contributed by atoms with Gasteiger partial charge in [-0.2, -0.15) is 5.10 Å². The van der Waals surface area contributed by atoms with E-state index in [2.05, 4.69) is 22.7 Å². The number of hydrogen-bond acceptors (Lipinski definition) is 4. The Balaban J connectivity index is 1.92. The van der Waals surface area contributed by atoms with Gasteiger partial charge < -0.3 is 5.73 Å². The first-order valence-electron chi connectivity index (χ1n) is 6.13. The third-order valence-electron chi connectivity index (χ3n) is 3.63. The van der Waals surface area contributed by atoms with Gasteiger partial charge in [0, 0.05) is 11.6 Å². The molecule has 0 unspecified atom stereocenters. The summed E-state index contributed by atoms with van der Waals surface area (Å²) in [5.74, 6) is 2.11. The molecule has 0 radical (unpaired) electrons. The van der Waals surface area contributed by atoms with Gasteiger partial charge in [0.1, 0.15) is 5.04 Å². The second-order valence-corrected chi connectivity index (χ2v) is 5.73. The molecule has 1 atom stereocenters. The summed E-state index contributed by atoms with van der Waals surface area (Å²) in [6.45, 7) is 0. The van der Waals surface area contributed by atoms with Crippen LogP contribution in [0.4, 0.5) is 5.69 Å². The van der Waals surface area contributed by atoms with Gasteiger partial charge in [-0.05, 0) is 36.5 Å². The van der Waals surface area contributed by atoms with E-state index < -0.39 is 0 Å². The quantitative estimate of drug-likeness (QED) is 0.807. The van der Waals surface area contributed by atoms with Crippen LogP contribution in [-0.2, 0) is 0 Å². The Morgan fingerprint density at radius 2 is 2.29 bits per heavy atom. The molecular weight excluding hydrogens is 230 g/mol. The lowest BCUT2D eigenvalue weighted by molar-refractivity contribution is 0.299. The Hall–Kier alpha value is -1.16. The van der Waals surface area contributed by atoms with Gasteiger partial charge in [0.15, 0.2) is 0 Å². The normalized spacial score (nSPS) is 21.5. The lowest BCUT2D eigenvalue weighted by atomic mass is 9.73. The standard InChI is InChI=1S/C13H17N3S/c14-11-6-2-5-10(7-11)12(9-3-1-4-9)13-16-15-8-17-13/h2,5-7,9,12,15H,1,3-4,8,14H2/t12-/m1/s1. The van der Waals surface area contributed by atoms with E-state index in [1.54, 1.807) is 0 Å². The molecule has 1 saturated carbocycles. The molecule has 3 nitrogen and oxygen atoms in total. The highest BCUT2D eigenvalue weighted by Gasteiger charge is 2.33. The van der Waals surface area contributed by atoms with E-state index in [9.17, 15) is 0 Å². The SMILES string of the molecule is Nc1cccc([C@H](C2=NNCS2)C2CCC2)c1. The van der Waals surface area contributed by atoms with Crippen LogP contribution in [0.1, 0.15) is 30.7 Å². The van der Waals surface area contributed by atoms with Crippen molar-refractivity contribution in [1.82, 2.24) is 5.43 Å². The van der Waals surface area contributed by atoms with Crippen LogP contribution in [-0.4, -0.2) is 10.9 Å². The summed E-state index contributed by atoms with van der Waals surface area (Å²) in [6, 6.07) is 8.28. The number of nitrogens with one attached hydrogen (secondary N) is 1. The molecule has 0 aromatic heterocycles. The van der Waals surface area contributed by atoms with E-state index >= 15 is 0 Å². The lowest BCUT2D eigenvalue weighted by Crippen LogP contribution is -2.25. The third-order valence-corrected chi connectivity index (χ3v) is 4.55. The monoisotopic (exact) mass is 247 g/mol. The maximum Gasteiger partial charge on any atom is 0.103 e. The molecule has 1 heterocycles. The summed E-state index contributed by atoms with van der Waals surface area (Å²) in [5.41, 5.74) is 11.1. The number of hydrazone groups is 1. The molecule has 2 aliphatic rings. The van der Waals surface area contributed by atoms with Crippen molar-refractivity contribution in [2.45, 2.75) is 25.2 Å². The highest BCUT2D eigenvalue weighted by Crippen LogP contribution is 2.43. The van der Waals surface area contributed by atoms with Crippen LogP contribution >= 0.6 is 11.8 Å². The average molecular weight is 247 g/mol. The summed E-state index contributed by atoms with van der Waals surface area (Å²) < 4.78 is 0. The maximum atomic E-state index is 5.89. The highest BCUT2D eigenvalue weighted by atomic mass is 32.2. The van der Waals surface area contributed by atoms with Crippen molar-refractivity contribution >= 4 is 22.5 Å². The minimum Gasteiger partial charge on any atom is -0.399 e. The molecule has 3 rings (SSSR count). The van der Waals surface area contributed by atoms with Crippen LogP contribution in [0.25, 0.3) is 0 Å². The lowest BCUT2D eigenvalue weighted by Gasteiger charge is -2.33. The molecular formula is C13H17N3S. The molecule has 90 valence electrons. The van der Waals surface area contributed by atoms with E-state index in [-0.39, 0.29) is 0 Å². The van der Waals surface area contributed by atoms with Crippen molar-refractivity contribution in [3.63, 3.8) is 0 Å². The smallest absolute Gasteiger partial charge is 0.103 e. The molecule has 3 N–H and O–H groups in total. The topological polar surface area (TPSA) is 50.4 Å². The number of anilines is 1. The molecule has 4 heteroatoms. The van der Waals surface area contributed by atoms with Gasteiger partial charge in [0.05, 0.1) is 5.88 Å². The van der Waals surface area contributed by atoms with Crippen molar-refractivity contribution in [2.24, 2.45) is 11.0 Å². The highest BCUT2D eigenvalue weighted by molar-refractivity contribution is 8.14. The van der Waals surface area contributed by atoms with Gasteiger partial charge in [-0.1, -0.05) is 30.3 Å². The summed E-state index contributed by atoms with van der Waals surface area (Å²) in [4.78, 5) is 0. The molecule has 17 heavy (non-hydrogen) atoms. The van der Waals surface area contributed by atoms with Crippen LogP contribution in [0.15, 0.2) is 29.4 Å². The molecule has 1 aliphatic carbocycles. The summed E-state index contributed by atoms with van der Waals surface area (Å²) in [6.07, 6.45) is 3.99. The zero-order valence-corrected chi connectivity index (χ0v) is 10.5. The molecule has 1 aliphatic heterocycles. The van der Waals surface area contributed by atoms with E-state index in [0.29, 0.717) is 5.92 Å². The van der Waals surface area contributed by atoms with Gasteiger partial charge in [-0.3, -0.25) is 5.43 Å². The average Bonchev–Trinajstić information content (AvgIpc) is 2.76. The molecule has 0 bridgehead atoms. The number of nitrogen functional groups attached to an aromatic ring is 1. The summed E-state index contributed by atoms with van der Waals surface area (Å²) in [7, 11) is 0. The predicted molar refractivity (Wildman–Crippen MR) is 74.0 cm³/mol. The number of rotatable bonds is 3. The molecule has 0 saturated heterocycles. The molecule has 1 fully saturated rings. The van der Waals surface area contributed by atoms with Crippen molar-refractivity contribution in [2.75, 3.05) is 11.6 Å². The van der Waals surface area contributed by atoms with Crippen molar-refractivity contribution in [3.05, 3.63) is 29.8 Å². The maximum absolute atomic E-state index is 5.89. The van der Waals surface area contributed by atoms with Crippen LogP contribution in [0, 0.1) is 5.92 Å². The Kier molecular flexibility index (Phi) is 2.97. The van der Waals surface area contributed by atoms with Gasteiger partial charge in [-0.15, -0.1) is 0 Å². The zero-order chi connectivity index (χ0) is 11.7. The fraction of sp³-hybridized carbons (Fsp3) is 0.462. The minimum absolute atomic E-state index is 0.451. The van der Waals surface area contributed by atoms with Crippen molar-refractivity contribution in [3.8, 4) is 0 Å². The van der Waals surface area contributed by atoms with E-state index in [1.807, 2.05) is 23.9 Å². The first-order chi connectivity index (χ1) is 8.34. The number of thioether (sulfide) groups is 1.